The molecule has 2 heterocycles. The van der Waals surface area contributed by atoms with Gasteiger partial charge in [-0.2, -0.15) is 5.10 Å². The number of thiophene rings is 1. The minimum Gasteiger partial charge on any atom is -0.266 e. The van der Waals surface area contributed by atoms with Crippen LogP contribution in [0.25, 0.3) is 32.9 Å². The normalized spacial score (nSPS) is 11.4. The Morgan fingerprint density at radius 1 is 0.968 bits per heavy atom. The molecular formula is C25H16FN3OS. The molecule has 6 heteroatoms. The monoisotopic (exact) mass is 425 g/mol. The number of halogens is 1. The number of hydrogen-bond donors (Lipinski definition) is 1. The number of hydrazone groups is 1. The van der Waals surface area contributed by atoms with Crippen molar-refractivity contribution in [1.82, 2.24) is 10.4 Å². The van der Waals surface area contributed by atoms with Gasteiger partial charge >= 0.3 is 0 Å². The van der Waals surface area contributed by atoms with Gasteiger partial charge in [0.1, 0.15) is 5.82 Å². The van der Waals surface area contributed by atoms with Crippen molar-refractivity contribution < 1.29 is 9.18 Å². The molecule has 0 unspecified atom stereocenters. The molecule has 31 heavy (non-hydrogen) atoms. The van der Waals surface area contributed by atoms with Gasteiger partial charge < -0.3 is 0 Å². The molecular weight excluding hydrogens is 409 g/mol. The highest BCUT2D eigenvalue weighted by Gasteiger charge is 2.10. The number of hydrogen-bond acceptors (Lipinski definition) is 4. The number of amides is 1. The molecule has 4 nitrogen and oxygen atoms in total. The fraction of sp³-hybridized carbons (Fsp3) is 0. The Balaban J connectivity index is 1.63. The number of pyridine rings is 1. The van der Waals surface area contributed by atoms with Gasteiger partial charge in [0.25, 0.3) is 5.91 Å². The molecule has 150 valence electrons. The molecule has 0 aliphatic rings. The van der Waals surface area contributed by atoms with Crippen molar-refractivity contribution in [2.24, 2.45) is 5.10 Å². The first-order valence-corrected chi connectivity index (χ1v) is 10.5. The minimum atomic E-state index is -0.298. The third-order valence-electron chi connectivity index (χ3n) is 4.99. The molecule has 1 amide bonds. The van der Waals surface area contributed by atoms with Crippen LogP contribution in [-0.2, 0) is 0 Å². The molecule has 5 aromatic rings. The molecule has 0 radical (unpaired) electrons. The Morgan fingerprint density at radius 2 is 1.81 bits per heavy atom. The lowest BCUT2D eigenvalue weighted by atomic mass is 10.0. The van der Waals surface area contributed by atoms with E-state index in [0.29, 0.717) is 10.6 Å². The van der Waals surface area contributed by atoms with Crippen LogP contribution < -0.4 is 5.43 Å². The fourth-order valence-electron chi connectivity index (χ4n) is 3.48. The zero-order chi connectivity index (χ0) is 21.2. The summed E-state index contributed by atoms with van der Waals surface area (Å²) >= 11 is 1.36. The number of fused-ring (bicyclic) bond motifs is 3. The SMILES string of the molecule is O=C(NN=Cc1cc(-c2ccc(F)cc2)nc2c1ccc1ccccc12)c1cccs1. The zero-order valence-electron chi connectivity index (χ0n) is 16.2. The molecule has 0 atom stereocenters. The van der Waals surface area contributed by atoms with E-state index in [2.05, 4.69) is 10.5 Å². The van der Waals surface area contributed by atoms with Crippen molar-refractivity contribution in [2.45, 2.75) is 0 Å². The third-order valence-corrected chi connectivity index (χ3v) is 5.86. The number of nitrogens with zero attached hydrogens (tertiary/aromatic N) is 2. The highest BCUT2D eigenvalue weighted by Crippen LogP contribution is 2.29. The third kappa shape index (κ3) is 3.81. The van der Waals surface area contributed by atoms with Gasteiger partial charge in [-0.15, -0.1) is 11.3 Å². The van der Waals surface area contributed by atoms with E-state index in [1.165, 1.54) is 23.5 Å². The number of benzene rings is 3. The lowest BCUT2D eigenvalue weighted by Crippen LogP contribution is -2.16. The fourth-order valence-corrected chi connectivity index (χ4v) is 4.10. The molecule has 2 aromatic heterocycles. The Hall–Kier alpha value is -3.90. The molecule has 0 saturated carbocycles. The van der Waals surface area contributed by atoms with Crippen molar-refractivity contribution in [2.75, 3.05) is 0 Å². The Kier molecular flexibility index (Phi) is 4.98. The largest absolute Gasteiger partial charge is 0.281 e. The average Bonchev–Trinajstić information content (AvgIpc) is 3.34. The topological polar surface area (TPSA) is 54.4 Å². The van der Waals surface area contributed by atoms with Crippen LogP contribution >= 0.6 is 11.3 Å². The molecule has 0 saturated heterocycles. The summed E-state index contributed by atoms with van der Waals surface area (Å²) in [5.74, 6) is -0.554. The number of carbonyl (C=O) groups excluding carboxylic acids is 1. The van der Waals surface area contributed by atoms with E-state index in [-0.39, 0.29) is 11.7 Å². The van der Waals surface area contributed by atoms with E-state index in [1.54, 1.807) is 24.4 Å². The van der Waals surface area contributed by atoms with Gasteiger partial charge in [0, 0.05) is 21.9 Å². The summed E-state index contributed by atoms with van der Waals surface area (Å²) in [6.45, 7) is 0. The first-order valence-electron chi connectivity index (χ1n) is 9.64. The average molecular weight is 425 g/mol. The molecule has 1 N–H and O–H groups in total. The first kappa shape index (κ1) is 19.1. The van der Waals surface area contributed by atoms with Crippen molar-refractivity contribution in [3.63, 3.8) is 0 Å². The van der Waals surface area contributed by atoms with Gasteiger partial charge in [0.05, 0.1) is 22.3 Å². The van der Waals surface area contributed by atoms with Crippen LogP contribution in [0.15, 0.2) is 89.3 Å². The second-order valence-electron chi connectivity index (χ2n) is 6.96. The summed E-state index contributed by atoms with van der Waals surface area (Å²) in [5.41, 5.74) is 5.71. The lowest BCUT2D eigenvalue weighted by molar-refractivity contribution is 0.0959. The van der Waals surface area contributed by atoms with Crippen molar-refractivity contribution in [3.8, 4) is 11.3 Å². The number of nitrogens with one attached hydrogen (secondary N) is 1. The van der Waals surface area contributed by atoms with Crippen molar-refractivity contribution in [3.05, 3.63) is 101 Å². The van der Waals surface area contributed by atoms with Gasteiger partial charge in [-0.1, -0.05) is 42.5 Å². The highest BCUT2D eigenvalue weighted by atomic mass is 32.1. The van der Waals surface area contributed by atoms with Crippen LogP contribution in [-0.4, -0.2) is 17.1 Å². The number of carbonyl (C=O) groups is 1. The minimum absolute atomic E-state index is 0.256. The number of aromatic nitrogens is 1. The molecule has 0 aliphatic carbocycles. The quantitative estimate of drug-likeness (QED) is 0.217. The summed E-state index contributed by atoms with van der Waals surface area (Å²) in [6, 6.07) is 23.8. The smallest absolute Gasteiger partial charge is 0.266 e. The second-order valence-corrected chi connectivity index (χ2v) is 7.91. The maximum atomic E-state index is 13.4. The summed E-state index contributed by atoms with van der Waals surface area (Å²) in [6.07, 6.45) is 1.62. The van der Waals surface area contributed by atoms with E-state index < -0.39 is 0 Å². The number of rotatable bonds is 4. The van der Waals surface area contributed by atoms with E-state index in [4.69, 9.17) is 4.98 Å². The molecule has 0 bridgehead atoms. The van der Waals surface area contributed by atoms with Crippen LogP contribution in [0, 0.1) is 5.82 Å². The van der Waals surface area contributed by atoms with E-state index >= 15 is 0 Å². The Labute approximate surface area is 181 Å². The molecule has 5 rings (SSSR count). The van der Waals surface area contributed by atoms with Crippen molar-refractivity contribution >= 4 is 45.1 Å². The lowest BCUT2D eigenvalue weighted by Gasteiger charge is -2.10. The van der Waals surface area contributed by atoms with Gasteiger partial charge in [-0.25, -0.2) is 14.8 Å². The predicted molar refractivity (Wildman–Crippen MR) is 124 cm³/mol. The van der Waals surface area contributed by atoms with Crippen LogP contribution in [0.3, 0.4) is 0 Å². The van der Waals surface area contributed by atoms with Gasteiger partial charge in [0.15, 0.2) is 0 Å². The first-order chi connectivity index (χ1) is 15.2. The standard InChI is InChI=1S/C25H16FN3OS/c26-19-10-7-17(8-11-19)22-14-18(15-27-29-25(30)23-6-3-13-31-23)21-12-9-16-4-1-2-5-20(16)24(21)28-22/h1-15H,(H,29,30). The summed E-state index contributed by atoms with van der Waals surface area (Å²) in [5, 5.41) is 9.02. The van der Waals surface area contributed by atoms with Crippen LogP contribution in [0.1, 0.15) is 15.2 Å². The zero-order valence-corrected chi connectivity index (χ0v) is 17.1. The maximum Gasteiger partial charge on any atom is 0.281 e. The summed E-state index contributed by atoms with van der Waals surface area (Å²) in [4.78, 5) is 17.7. The van der Waals surface area contributed by atoms with Crippen molar-refractivity contribution in [1.29, 1.82) is 0 Å². The molecule has 0 spiro atoms. The summed E-state index contributed by atoms with van der Waals surface area (Å²) < 4.78 is 13.4. The molecule has 0 aliphatic heterocycles. The van der Waals surface area contributed by atoms with E-state index in [1.807, 2.05) is 53.9 Å². The molecule has 3 aromatic carbocycles. The highest BCUT2D eigenvalue weighted by molar-refractivity contribution is 7.12. The van der Waals surface area contributed by atoms with Gasteiger partial charge in [-0.05, 0) is 47.2 Å². The molecule has 0 fully saturated rings. The van der Waals surface area contributed by atoms with Crippen LogP contribution in [0.4, 0.5) is 4.39 Å². The maximum absolute atomic E-state index is 13.4. The van der Waals surface area contributed by atoms with E-state index in [0.717, 1.165) is 32.8 Å². The van der Waals surface area contributed by atoms with Gasteiger partial charge in [-0.3, -0.25) is 4.79 Å². The van der Waals surface area contributed by atoms with Crippen LogP contribution in [0.5, 0.6) is 0 Å². The van der Waals surface area contributed by atoms with Crippen LogP contribution in [0.2, 0.25) is 0 Å². The summed E-state index contributed by atoms with van der Waals surface area (Å²) in [7, 11) is 0. The Bertz CT molecular complexity index is 1430. The van der Waals surface area contributed by atoms with E-state index in [9.17, 15) is 9.18 Å². The Morgan fingerprint density at radius 3 is 2.61 bits per heavy atom. The van der Waals surface area contributed by atoms with Gasteiger partial charge in [0.2, 0.25) is 0 Å². The predicted octanol–water partition coefficient (Wildman–Crippen LogP) is 6.02. The second kappa shape index (κ2) is 8.08.